The van der Waals surface area contributed by atoms with Crippen LogP contribution in [0.1, 0.15) is 18.1 Å². The number of aliphatic hydroxyl groups excluding tert-OH is 1. The molecule has 6 nitrogen and oxygen atoms in total. The van der Waals surface area contributed by atoms with Gasteiger partial charge >= 0.3 is 0 Å². The summed E-state index contributed by atoms with van der Waals surface area (Å²) in [6.45, 7) is 4.42. The lowest BCUT2D eigenvalue weighted by molar-refractivity contribution is -0.0972. The highest BCUT2D eigenvalue weighted by atomic mass is 16.5. The summed E-state index contributed by atoms with van der Waals surface area (Å²) in [5.74, 6) is 0.108. The second kappa shape index (κ2) is 6.69. The number of ether oxygens (including phenoxy) is 1. The van der Waals surface area contributed by atoms with Crippen molar-refractivity contribution in [3.8, 4) is 0 Å². The third kappa shape index (κ3) is 3.69. The topological polar surface area (TPSA) is 91.3 Å². The zero-order valence-corrected chi connectivity index (χ0v) is 11.6. The van der Waals surface area contributed by atoms with Crippen LogP contribution in [0.15, 0.2) is 29.4 Å². The van der Waals surface area contributed by atoms with Gasteiger partial charge in [0.25, 0.3) is 0 Å². The van der Waals surface area contributed by atoms with E-state index in [2.05, 4.69) is 10.1 Å². The van der Waals surface area contributed by atoms with Gasteiger partial charge in [0.05, 0.1) is 18.8 Å². The van der Waals surface area contributed by atoms with Gasteiger partial charge in [-0.3, -0.25) is 4.90 Å². The average molecular weight is 279 g/mol. The number of nitrogens with zero attached hydrogens (tertiary/aromatic N) is 2. The first-order valence-electron chi connectivity index (χ1n) is 6.68. The lowest BCUT2D eigenvalue weighted by Gasteiger charge is -2.36. The summed E-state index contributed by atoms with van der Waals surface area (Å²) in [7, 11) is 0. The van der Waals surface area contributed by atoms with Crippen molar-refractivity contribution < 1.29 is 15.1 Å². The smallest absolute Gasteiger partial charge is 0.170 e. The number of rotatable bonds is 4. The molecular weight excluding hydrogens is 258 g/mol. The monoisotopic (exact) mass is 279 g/mol. The van der Waals surface area contributed by atoms with E-state index in [-0.39, 0.29) is 24.7 Å². The minimum Gasteiger partial charge on any atom is -0.409 e. The molecule has 110 valence electrons. The fraction of sp³-hybridized carbons (Fsp3) is 0.500. The van der Waals surface area contributed by atoms with Gasteiger partial charge < -0.3 is 20.8 Å². The Hall–Kier alpha value is -1.63. The van der Waals surface area contributed by atoms with Crippen molar-refractivity contribution >= 4 is 5.84 Å². The Morgan fingerprint density at radius 3 is 2.70 bits per heavy atom. The predicted octanol–water partition coefficient (Wildman–Crippen LogP) is 0.363. The Balaban J connectivity index is 1.99. The molecular formula is C14H21N3O3. The van der Waals surface area contributed by atoms with Crippen LogP contribution in [-0.2, 0) is 11.3 Å². The van der Waals surface area contributed by atoms with Crippen molar-refractivity contribution in [2.45, 2.75) is 25.7 Å². The van der Waals surface area contributed by atoms with Gasteiger partial charge in [0.1, 0.15) is 0 Å². The summed E-state index contributed by atoms with van der Waals surface area (Å²) in [4.78, 5) is 2.26. The second-order valence-corrected chi connectivity index (χ2v) is 5.13. The van der Waals surface area contributed by atoms with Crippen LogP contribution in [0.5, 0.6) is 0 Å². The molecule has 2 atom stereocenters. The number of hydrogen-bond donors (Lipinski definition) is 3. The lowest BCUT2D eigenvalue weighted by Crippen LogP contribution is -2.47. The Labute approximate surface area is 118 Å². The summed E-state index contributed by atoms with van der Waals surface area (Å²) in [5.41, 5.74) is 7.37. The van der Waals surface area contributed by atoms with Crippen LogP contribution in [0.3, 0.4) is 0 Å². The highest BCUT2D eigenvalue weighted by molar-refractivity contribution is 5.96. The van der Waals surface area contributed by atoms with E-state index in [0.29, 0.717) is 5.56 Å². The molecule has 4 N–H and O–H groups in total. The van der Waals surface area contributed by atoms with Crippen molar-refractivity contribution in [1.82, 2.24) is 4.90 Å². The first-order valence-corrected chi connectivity index (χ1v) is 6.68. The molecule has 0 saturated carbocycles. The van der Waals surface area contributed by atoms with Gasteiger partial charge in [0, 0.05) is 25.2 Å². The molecule has 2 rings (SSSR count). The number of benzene rings is 1. The van der Waals surface area contributed by atoms with Crippen LogP contribution in [0, 0.1) is 0 Å². The van der Waals surface area contributed by atoms with Gasteiger partial charge in [-0.2, -0.15) is 0 Å². The molecule has 1 aliphatic rings. The molecule has 0 radical (unpaired) electrons. The third-order valence-electron chi connectivity index (χ3n) is 3.37. The third-order valence-corrected chi connectivity index (χ3v) is 3.37. The van der Waals surface area contributed by atoms with E-state index in [9.17, 15) is 5.11 Å². The molecule has 1 saturated heterocycles. The van der Waals surface area contributed by atoms with Crippen molar-refractivity contribution in [2.75, 3.05) is 19.7 Å². The number of hydrogen-bond acceptors (Lipinski definition) is 5. The van der Waals surface area contributed by atoms with Crippen LogP contribution in [0.2, 0.25) is 0 Å². The summed E-state index contributed by atoms with van der Waals surface area (Å²) in [5, 5.41) is 20.8. The average Bonchev–Trinajstić information content (AvgIpc) is 2.46. The van der Waals surface area contributed by atoms with Gasteiger partial charge in [0.15, 0.2) is 5.84 Å². The standard InChI is InChI=1S/C14H21N3O3/c1-10-6-17(8-13(9-18)20-10)7-11-2-4-12(5-3-11)14(15)16-19/h2-5,10,13,18-19H,6-9H2,1H3,(H2,15,16). The molecule has 1 aromatic carbocycles. The molecule has 1 aromatic rings. The normalized spacial score (nSPS) is 24.8. The predicted molar refractivity (Wildman–Crippen MR) is 75.7 cm³/mol. The summed E-state index contributed by atoms with van der Waals surface area (Å²) < 4.78 is 5.62. The fourth-order valence-corrected chi connectivity index (χ4v) is 2.47. The summed E-state index contributed by atoms with van der Waals surface area (Å²) in [6, 6.07) is 7.58. The molecule has 2 unspecified atom stereocenters. The molecule has 0 aromatic heterocycles. The molecule has 0 aliphatic carbocycles. The van der Waals surface area contributed by atoms with E-state index in [0.717, 1.165) is 25.2 Å². The minimum absolute atomic E-state index is 0.0449. The molecule has 1 heterocycles. The van der Waals surface area contributed by atoms with Gasteiger partial charge in [-0.15, -0.1) is 0 Å². The highest BCUT2D eigenvalue weighted by Gasteiger charge is 2.24. The van der Waals surface area contributed by atoms with Crippen LogP contribution in [0.25, 0.3) is 0 Å². The maximum Gasteiger partial charge on any atom is 0.170 e. The molecule has 0 bridgehead atoms. The first-order chi connectivity index (χ1) is 9.62. The molecule has 0 amide bonds. The van der Waals surface area contributed by atoms with E-state index >= 15 is 0 Å². The Morgan fingerprint density at radius 1 is 1.40 bits per heavy atom. The minimum atomic E-state index is -0.116. The molecule has 0 spiro atoms. The van der Waals surface area contributed by atoms with E-state index < -0.39 is 0 Å². The highest BCUT2D eigenvalue weighted by Crippen LogP contribution is 2.14. The Bertz CT molecular complexity index is 461. The zero-order valence-electron chi connectivity index (χ0n) is 11.6. The number of morpholine rings is 1. The maximum absolute atomic E-state index is 9.21. The number of oxime groups is 1. The van der Waals surface area contributed by atoms with Gasteiger partial charge in [-0.05, 0) is 12.5 Å². The molecule has 1 fully saturated rings. The SMILES string of the molecule is CC1CN(Cc2ccc(/C(N)=N/O)cc2)CC(CO)O1. The van der Waals surface area contributed by atoms with Gasteiger partial charge in [-0.25, -0.2) is 0 Å². The molecule has 20 heavy (non-hydrogen) atoms. The van der Waals surface area contributed by atoms with E-state index in [4.69, 9.17) is 15.7 Å². The first kappa shape index (κ1) is 14.8. The van der Waals surface area contributed by atoms with E-state index in [1.807, 2.05) is 31.2 Å². The summed E-state index contributed by atoms with van der Waals surface area (Å²) >= 11 is 0. The maximum atomic E-state index is 9.21. The lowest BCUT2D eigenvalue weighted by atomic mass is 10.1. The van der Waals surface area contributed by atoms with Crippen LogP contribution >= 0.6 is 0 Å². The number of aliphatic hydroxyl groups is 1. The molecule has 6 heteroatoms. The van der Waals surface area contributed by atoms with Crippen LogP contribution in [-0.4, -0.2) is 53.0 Å². The Morgan fingerprint density at radius 2 is 2.10 bits per heavy atom. The van der Waals surface area contributed by atoms with Crippen molar-refractivity contribution in [2.24, 2.45) is 10.9 Å². The largest absolute Gasteiger partial charge is 0.409 e. The van der Waals surface area contributed by atoms with E-state index in [1.165, 1.54) is 0 Å². The number of amidine groups is 1. The zero-order chi connectivity index (χ0) is 14.5. The van der Waals surface area contributed by atoms with Crippen molar-refractivity contribution in [1.29, 1.82) is 0 Å². The number of nitrogens with two attached hydrogens (primary N) is 1. The second-order valence-electron chi connectivity index (χ2n) is 5.13. The van der Waals surface area contributed by atoms with Crippen molar-refractivity contribution in [3.05, 3.63) is 35.4 Å². The summed E-state index contributed by atoms with van der Waals surface area (Å²) in [6.07, 6.45) is 0.00697. The van der Waals surface area contributed by atoms with Gasteiger partial charge in [-0.1, -0.05) is 29.4 Å². The van der Waals surface area contributed by atoms with Gasteiger partial charge in [0.2, 0.25) is 0 Å². The fourth-order valence-electron chi connectivity index (χ4n) is 2.47. The van der Waals surface area contributed by atoms with Crippen LogP contribution in [0.4, 0.5) is 0 Å². The van der Waals surface area contributed by atoms with Crippen molar-refractivity contribution in [3.63, 3.8) is 0 Å². The van der Waals surface area contributed by atoms with E-state index in [1.54, 1.807) is 0 Å². The Kier molecular flexibility index (Phi) is 4.94. The quantitative estimate of drug-likeness (QED) is 0.320. The van der Waals surface area contributed by atoms with Crippen LogP contribution < -0.4 is 5.73 Å². The molecule has 1 aliphatic heterocycles.